The van der Waals surface area contributed by atoms with E-state index >= 15 is 0 Å². The first kappa shape index (κ1) is 21.3. The second-order valence-corrected chi connectivity index (χ2v) is 9.22. The number of sulfonamides is 1. The van der Waals surface area contributed by atoms with Crippen LogP contribution in [0.25, 0.3) is 16.2 Å². The van der Waals surface area contributed by atoms with Crippen LogP contribution in [-0.4, -0.2) is 29.6 Å². The molecule has 0 radical (unpaired) electrons. The minimum Gasteiger partial charge on any atom is -0.360 e. The van der Waals surface area contributed by atoms with E-state index in [1.165, 1.54) is 34.1 Å². The van der Waals surface area contributed by atoms with E-state index in [9.17, 15) is 21.6 Å². The van der Waals surface area contributed by atoms with Crippen molar-refractivity contribution in [1.82, 2.24) is 14.6 Å². The fraction of sp³-hybridized carbons (Fsp3) is 0.158. The normalized spacial score (nSPS) is 12.4. The average Bonchev–Trinajstić information content (AvgIpc) is 3.26. The predicted molar refractivity (Wildman–Crippen MR) is 111 cm³/mol. The van der Waals surface area contributed by atoms with Gasteiger partial charge in [0.1, 0.15) is 0 Å². The highest BCUT2D eigenvalue weighted by molar-refractivity contribution is 7.89. The zero-order valence-electron chi connectivity index (χ0n) is 15.8. The van der Waals surface area contributed by atoms with Gasteiger partial charge in [0, 0.05) is 12.1 Å². The zero-order chi connectivity index (χ0) is 22.2. The van der Waals surface area contributed by atoms with Crippen molar-refractivity contribution in [3.8, 4) is 11.3 Å². The molecule has 0 aliphatic rings. The first-order chi connectivity index (χ1) is 14.6. The number of nitrogens with one attached hydrogen (secondary N) is 1. The predicted octanol–water partition coefficient (Wildman–Crippen LogP) is 3.78. The molecule has 0 fully saturated rings. The lowest BCUT2D eigenvalue weighted by molar-refractivity contribution is -0.137. The molecule has 3 N–H and O–H groups in total. The van der Waals surface area contributed by atoms with Gasteiger partial charge in [0.15, 0.2) is 0 Å². The molecule has 0 amide bonds. The minimum absolute atomic E-state index is 0.0573. The topological polar surface area (TPSA) is 102 Å². The van der Waals surface area contributed by atoms with Crippen LogP contribution in [-0.2, 0) is 22.6 Å². The highest BCUT2D eigenvalue weighted by Crippen LogP contribution is 2.32. The standard InChI is InChI=1S/C19H16F3N5O2S2/c20-19(21,22)14-3-1-2-13(10-14)16-11-27-18(25-16)30-17(26-27)24-9-8-12-4-6-15(7-5-12)31(23,28)29/h1-7,10-11H,8-9H2,(H,24,26)(H2,23,28,29). The molecule has 0 bridgehead atoms. The van der Waals surface area contributed by atoms with Crippen LogP contribution >= 0.6 is 11.3 Å². The molecule has 4 rings (SSSR count). The van der Waals surface area contributed by atoms with Gasteiger partial charge in [0.05, 0.1) is 22.3 Å². The molecular weight excluding hydrogens is 451 g/mol. The molecular formula is C19H16F3N5O2S2. The van der Waals surface area contributed by atoms with Gasteiger partial charge < -0.3 is 5.32 Å². The lowest BCUT2D eigenvalue weighted by Crippen LogP contribution is -2.12. The average molecular weight is 467 g/mol. The van der Waals surface area contributed by atoms with Crippen molar-refractivity contribution >= 4 is 31.5 Å². The Kier molecular flexibility index (Phi) is 5.45. The molecule has 0 aliphatic carbocycles. The Labute approximate surface area is 179 Å². The first-order valence-corrected chi connectivity index (χ1v) is 11.4. The minimum atomic E-state index is -4.42. The van der Waals surface area contributed by atoms with Crippen molar-refractivity contribution in [1.29, 1.82) is 0 Å². The number of hydrogen-bond donors (Lipinski definition) is 2. The summed E-state index contributed by atoms with van der Waals surface area (Å²) in [7, 11) is -3.71. The number of nitrogens with two attached hydrogens (primary N) is 1. The third-order valence-corrected chi connectivity index (χ3v) is 6.28. The molecule has 0 unspecified atom stereocenters. The molecule has 0 atom stereocenters. The lowest BCUT2D eigenvalue weighted by atomic mass is 10.1. The first-order valence-electron chi connectivity index (χ1n) is 8.99. The van der Waals surface area contributed by atoms with Crippen molar-refractivity contribution in [2.45, 2.75) is 17.5 Å². The van der Waals surface area contributed by atoms with Gasteiger partial charge in [0.2, 0.25) is 20.1 Å². The smallest absolute Gasteiger partial charge is 0.360 e. The second kappa shape index (κ2) is 7.94. The monoisotopic (exact) mass is 467 g/mol. The van der Waals surface area contributed by atoms with E-state index in [0.717, 1.165) is 17.7 Å². The highest BCUT2D eigenvalue weighted by atomic mass is 32.2. The maximum Gasteiger partial charge on any atom is 0.416 e. The maximum absolute atomic E-state index is 12.9. The molecule has 12 heteroatoms. The molecule has 0 spiro atoms. The van der Waals surface area contributed by atoms with E-state index in [4.69, 9.17) is 5.14 Å². The Bertz CT molecular complexity index is 1300. The van der Waals surface area contributed by atoms with Crippen molar-refractivity contribution in [2.75, 3.05) is 11.9 Å². The van der Waals surface area contributed by atoms with Crippen molar-refractivity contribution in [3.63, 3.8) is 0 Å². The molecule has 2 aromatic heterocycles. The Hall–Kier alpha value is -2.96. The van der Waals surface area contributed by atoms with Crippen LogP contribution in [0.2, 0.25) is 0 Å². The second-order valence-electron chi connectivity index (χ2n) is 6.70. The van der Waals surface area contributed by atoms with E-state index in [2.05, 4.69) is 15.4 Å². The van der Waals surface area contributed by atoms with Gasteiger partial charge in [-0.3, -0.25) is 0 Å². The van der Waals surface area contributed by atoms with E-state index < -0.39 is 21.8 Å². The van der Waals surface area contributed by atoms with Gasteiger partial charge in [-0.05, 0) is 36.2 Å². The highest BCUT2D eigenvalue weighted by Gasteiger charge is 2.30. The molecule has 2 aromatic carbocycles. The summed E-state index contributed by atoms with van der Waals surface area (Å²) in [5.74, 6) is 0. The largest absolute Gasteiger partial charge is 0.416 e. The number of nitrogens with zero attached hydrogens (tertiary/aromatic N) is 3. The summed E-state index contributed by atoms with van der Waals surface area (Å²) in [6.45, 7) is 0.547. The number of hydrogen-bond acceptors (Lipinski definition) is 6. The third-order valence-electron chi connectivity index (χ3n) is 4.47. The van der Waals surface area contributed by atoms with Crippen molar-refractivity contribution < 1.29 is 21.6 Å². The molecule has 0 saturated heterocycles. The summed E-state index contributed by atoms with van der Waals surface area (Å²) in [6.07, 6.45) is -2.21. The van der Waals surface area contributed by atoms with Crippen LogP contribution in [0.3, 0.4) is 0 Å². The zero-order valence-corrected chi connectivity index (χ0v) is 17.4. The van der Waals surface area contributed by atoms with E-state index in [1.54, 1.807) is 24.4 Å². The number of halogens is 3. The summed E-state index contributed by atoms with van der Waals surface area (Å²) < 4.78 is 62.8. The summed E-state index contributed by atoms with van der Waals surface area (Å²) in [6, 6.07) is 11.3. The maximum atomic E-state index is 12.9. The lowest BCUT2D eigenvalue weighted by Gasteiger charge is -2.07. The van der Waals surface area contributed by atoms with Gasteiger partial charge in [-0.1, -0.05) is 35.6 Å². The third kappa shape index (κ3) is 4.86. The fourth-order valence-electron chi connectivity index (χ4n) is 2.93. The SMILES string of the molecule is NS(=O)(=O)c1ccc(CCNc2nn3cc(-c4cccc(C(F)(F)F)c4)nc3s2)cc1. The van der Waals surface area contributed by atoms with Gasteiger partial charge in [-0.2, -0.15) is 13.2 Å². The number of rotatable bonds is 6. The Morgan fingerprint density at radius 1 is 1.13 bits per heavy atom. The summed E-state index contributed by atoms with van der Waals surface area (Å²) in [5, 5.41) is 13.2. The number of imidazole rings is 1. The van der Waals surface area contributed by atoms with Crippen LogP contribution < -0.4 is 10.5 Å². The van der Waals surface area contributed by atoms with Gasteiger partial charge in [-0.25, -0.2) is 23.1 Å². The summed E-state index contributed by atoms with van der Waals surface area (Å²) >= 11 is 1.28. The van der Waals surface area contributed by atoms with Gasteiger partial charge >= 0.3 is 6.18 Å². The fourth-order valence-corrected chi connectivity index (χ4v) is 4.25. The van der Waals surface area contributed by atoms with Crippen LogP contribution in [0.5, 0.6) is 0 Å². The number of benzene rings is 2. The number of aromatic nitrogens is 3. The van der Waals surface area contributed by atoms with Gasteiger partial charge in [0.25, 0.3) is 0 Å². The van der Waals surface area contributed by atoms with Crippen molar-refractivity contribution in [3.05, 3.63) is 65.9 Å². The van der Waals surface area contributed by atoms with Crippen LogP contribution in [0, 0.1) is 0 Å². The van der Waals surface area contributed by atoms with Crippen LogP contribution in [0.4, 0.5) is 18.3 Å². The van der Waals surface area contributed by atoms with Crippen LogP contribution in [0.1, 0.15) is 11.1 Å². The van der Waals surface area contributed by atoms with E-state index in [-0.39, 0.29) is 4.90 Å². The molecule has 7 nitrogen and oxygen atoms in total. The molecule has 162 valence electrons. The Morgan fingerprint density at radius 2 is 1.87 bits per heavy atom. The van der Waals surface area contributed by atoms with Gasteiger partial charge in [-0.15, -0.1) is 5.10 Å². The van der Waals surface area contributed by atoms with E-state index in [0.29, 0.717) is 34.3 Å². The molecule has 0 saturated carbocycles. The quantitative estimate of drug-likeness (QED) is 0.449. The molecule has 2 heterocycles. The number of primary sulfonamides is 1. The van der Waals surface area contributed by atoms with Crippen LogP contribution in [0.15, 0.2) is 59.6 Å². The summed E-state index contributed by atoms with van der Waals surface area (Å²) in [5.41, 5.74) is 0.971. The van der Waals surface area contributed by atoms with Crippen molar-refractivity contribution in [2.24, 2.45) is 5.14 Å². The Balaban J connectivity index is 1.41. The molecule has 31 heavy (non-hydrogen) atoms. The summed E-state index contributed by atoms with van der Waals surface area (Å²) in [4.78, 5) is 4.97. The molecule has 4 aromatic rings. The number of anilines is 1. The van der Waals surface area contributed by atoms with E-state index in [1.807, 2.05) is 0 Å². The number of fused-ring (bicyclic) bond motifs is 1. The Morgan fingerprint density at radius 3 is 2.52 bits per heavy atom. The molecule has 0 aliphatic heterocycles. The number of alkyl halides is 3.